The van der Waals surface area contributed by atoms with Gasteiger partial charge in [-0.05, 0) is 18.6 Å². The van der Waals surface area contributed by atoms with Crippen molar-refractivity contribution in [1.29, 1.82) is 0 Å². The van der Waals surface area contributed by atoms with Crippen molar-refractivity contribution in [1.82, 2.24) is 4.90 Å². The summed E-state index contributed by atoms with van der Waals surface area (Å²) in [5.41, 5.74) is 0. The summed E-state index contributed by atoms with van der Waals surface area (Å²) < 4.78 is 5.81. The van der Waals surface area contributed by atoms with Gasteiger partial charge < -0.3 is 14.7 Å². The third-order valence-corrected chi connectivity index (χ3v) is 3.32. The van der Waals surface area contributed by atoms with E-state index in [1.165, 1.54) is 0 Å². The zero-order valence-corrected chi connectivity index (χ0v) is 11.3. The van der Waals surface area contributed by atoms with E-state index in [0.29, 0.717) is 25.9 Å². The zero-order chi connectivity index (χ0) is 14.4. The molecule has 108 valence electrons. The van der Waals surface area contributed by atoms with Gasteiger partial charge in [-0.15, -0.1) is 0 Å². The fraction of sp³-hybridized carbons (Fsp3) is 0.467. The third-order valence-electron chi connectivity index (χ3n) is 3.32. The first-order valence-electron chi connectivity index (χ1n) is 6.86. The van der Waals surface area contributed by atoms with Crippen molar-refractivity contribution in [2.75, 3.05) is 13.1 Å². The second kappa shape index (κ2) is 6.93. The smallest absolute Gasteiger partial charge is 0.303 e. The molecule has 0 radical (unpaired) electrons. The second-order valence-electron chi connectivity index (χ2n) is 4.93. The molecule has 20 heavy (non-hydrogen) atoms. The van der Waals surface area contributed by atoms with E-state index in [2.05, 4.69) is 0 Å². The maximum Gasteiger partial charge on any atom is 0.303 e. The number of hydrogen-bond acceptors (Lipinski definition) is 3. The van der Waals surface area contributed by atoms with Crippen molar-refractivity contribution in [2.24, 2.45) is 0 Å². The maximum absolute atomic E-state index is 11.9. The fourth-order valence-corrected chi connectivity index (χ4v) is 2.29. The first-order chi connectivity index (χ1) is 9.65. The molecule has 1 heterocycles. The Hall–Kier alpha value is -2.04. The highest BCUT2D eigenvalue weighted by Gasteiger charge is 2.27. The molecule has 0 bridgehead atoms. The molecule has 1 fully saturated rings. The Bertz CT molecular complexity index is 460. The summed E-state index contributed by atoms with van der Waals surface area (Å²) in [6.07, 6.45) is 1.59. The predicted octanol–water partition coefficient (Wildman–Crippen LogP) is 1.92. The molecule has 2 rings (SSSR count). The zero-order valence-electron chi connectivity index (χ0n) is 11.3. The minimum absolute atomic E-state index is 0.0189. The highest BCUT2D eigenvalue weighted by molar-refractivity contribution is 5.77. The lowest BCUT2D eigenvalue weighted by atomic mass is 10.2. The molecular formula is C15H19NO4. The molecule has 1 N–H and O–H groups in total. The number of ether oxygens (including phenoxy) is 1. The molecule has 0 saturated carbocycles. The number of benzene rings is 1. The molecule has 5 heteroatoms. The molecular weight excluding hydrogens is 258 g/mol. The third kappa shape index (κ3) is 4.26. The Morgan fingerprint density at radius 2 is 2.00 bits per heavy atom. The number of nitrogens with zero attached hydrogens (tertiary/aromatic N) is 1. The topological polar surface area (TPSA) is 66.8 Å². The van der Waals surface area contributed by atoms with Crippen molar-refractivity contribution in [3.63, 3.8) is 0 Å². The number of carboxylic acid groups (broad SMARTS) is 1. The summed E-state index contributed by atoms with van der Waals surface area (Å²) in [4.78, 5) is 24.1. The lowest BCUT2D eigenvalue weighted by molar-refractivity contribution is -0.137. The van der Waals surface area contributed by atoms with E-state index in [4.69, 9.17) is 9.84 Å². The van der Waals surface area contributed by atoms with Crippen LogP contribution < -0.4 is 4.74 Å². The molecule has 1 aromatic rings. The summed E-state index contributed by atoms with van der Waals surface area (Å²) in [6.45, 7) is 1.27. The van der Waals surface area contributed by atoms with E-state index in [-0.39, 0.29) is 18.4 Å². The van der Waals surface area contributed by atoms with E-state index in [9.17, 15) is 9.59 Å². The average molecular weight is 277 g/mol. The second-order valence-corrected chi connectivity index (χ2v) is 4.93. The highest BCUT2D eigenvalue weighted by Crippen LogP contribution is 2.18. The number of carbonyl (C=O) groups excluding carboxylic acids is 1. The molecule has 1 aliphatic rings. The van der Waals surface area contributed by atoms with Gasteiger partial charge in [0.1, 0.15) is 11.9 Å². The number of rotatable bonds is 6. The van der Waals surface area contributed by atoms with Crippen LogP contribution in [0.5, 0.6) is 5.75 Å². The molecule has 1 aliphatic heterocycles. The van der Waals surface area contributed by atoms with Crippen molar-refractivity contribution < 1.29 is 19.4 Å². The van der Waals surface area contributed by atoms with Crippen LogP contribution in [0.15, 0.2) is 30.3 Å². The fourth-order valence-electron chi connectivity index (χ4n) is 2.29. The van der Waals surface area contributed by atoms with E-state index in [1.807, 2.05) is 30.3 Å². The van der Waals surface area contributed by atoms with Crippen LogP contribution in [0, 0.1) is 0 Å². The van der Waals surface area contributed by atoms with Gasteiger partial charge in [0.2, 0.25) is 5.91 Å². The van der Waals surface area contributed by atoms with Crippen LogP contribution in [0.25, 0.3) is 0 Å². The van der Waals surface area contributed by atoms with Gasteiger partial charge in [0.05, 0.1) is 6.54 Å². The van der Waals surface area contributed by atoms with Crippen LogP contribution in [0.1, 0.15) is 25.7 Å². The van der Waals surface area contributed by atoms with Gasteiger partial charge in [0, 0.05) is 25.8 Å². The largest absolute Gasteiger partial charge is 0.489 e. The minimum atomic E-state index is -0.857. The number of amides is 1. The van der Waals surface area contributed by atoms with Gasteiger partial charge in [-0.25, -0.2) is 0 Å². The Kier molecular flexibility index (Phi) is 4.98. The minimum Gasteiger partial charge on any atom is -0.489 e. The van der Waals surface area contributed by atoms with Gasteiger partial charge in [-0.3, -0.25) is 9.59 Å². The lowest BCUT2D eigenvalue weighted by Crippen LogP contribution is -2.30. The number of aliphatic carboxylic acids is 1. The summed E-state index contributed by atoms with van der Waals surface area (Å²) in [7, 11) is 0. The number of para-hydroxylation sites is 1. The maximum atomic E-state index is 11.9. The number of likely N-dealkylation sites (tertiary alicyclic amines) is 1. The summed E-state index contributed by atoms with van der Waals surface area (Å²) in [6, 6.07) is 9.56. The van der Waals surface area contributed by atoms with Gasteiger partial charge in [0.25, 0.3) is 0 Å². The summed E-state index contributed by atoms with van der Waals surface area (Å²) >= 11 is 0. The first kappa shape index (κ1) is 14.4. The van der Waals surface area contributed by atoms with Crippen molar-refractivity contribution >= 4 is 11.9 Å². The predicted molar refractivity (Wildman–Crippen MR) is 73.5 cm³/mol. The first-order valence-corrected chi connectivity index (χ1v) is 6.86. The molecule has 1 unspecified atom stereocenters. The molecule has 1 saturated heterocycles. The van der Waals surface area contributed by atoms with E-state index in [0.717, 1.165) is 12.2 Å². The Morgan fingerprint density at radius 3 is 2.70 bits per heavy atom. The standard InChI is InChI=1S/C15H19NO4/c17-14(7-4-8-15(18)19)16-10-9-13(11-16)20-12-5-2-1-3-6-12/h1-3,5-6,13H,4,7-11H2,(H,18,19). The van der Waals surface area contributed by atoms with Gasteiger partial charge in [-0.1, -0.05) is 18.2 Å². The van der Waals surface area contributed by atoms with Gasteiger partial charge in [-0.2, -0.15) is 0 Å². The highest BCUT2D eigenvalue weighted by atomic mass is 16.5. The summed E-state index contributed by atoms with van der Waals surface area (Å²) in [5, 5.41) is 8.55. The molecule has 0 aliphatic carbocycles. The Morgan fingerprint density at radius 1 is 1.25 bits per heavy atom. The number of carbonyl (C=O) groups is 2. The van der Waals surface area contributed by atoms with E-state index >= 15 is 0 Å². The molecule has 1 amide bonds. The average Bonchev–Trinajstić information content (AvgIpc) is 2.88. The van der Waals surface area contributed by atoms with Crippen LogP contribution in [0.3, 0.4) is 0 Å². The monoisotopic (exact) mass is 277 g/mol. The van der Waals surface area contributed by atoms with Crippen LogP contribution >= 0.6 is 0 Å². The quantitative estimate of drug-likeness (QED) is 0.862. The van der Waals surface area contributed by atoms with Crippen LogP contribution in [-0.4, -0.2) is 41.1 Å². The molecule has 1 atom stereocenters. The van der Waals surface area contributed by atoms with Crippen molar-refractivity contribution in [3.8, 4) is 5.75 Å². The molecule has 1 aromatic carbocycles. The normalized spacial score (nSPS) is 18.0. The van der Waals surface area contributed by atoms with Gasteiger partial charge in [0.15, 0.2) is 0 Å². The van der Waals surface area contributed by atoms with E-state index in [1.54, 1.807) is 4.90 Å². The van der Waals surface area contributed by atoms with Crippen molar-refractivity contribution in [2.45, 2.75) is 31.8 Å². The van der Waals surface area contributed by atoms with Crippen LogP contribution in [-0.2, 0) is 9.59 Å². The SMILES string of the molecule is O=C(O)CCCC(=O)N1CCC(Oc2ccccc2)C1. The Balaban J connectivity index is 1.74. The number of hydrogen-bond donors (Lipinski definition) is 1. The molecule has 0 spiro atoms. The van der Waals surface area contributed by atoms with Crippen LogP contribution in [0.4, 0.5) is 0 Å². The van der Waals surface area contributed by atoms with Crippen molar-refractivity contribution in [3.05, 3.63) is 30.3 Å². The van der Waals surface area contributed by atoms with E-state index < -0.39 is 5.97 Å². The Labute approximate surface area is 118 Å². The lowest BCUT2D eigenvalue weighted by Gasteiger charge is -2.17. The molecule has 0 aromatic heterocycles. The summed E-state index contributed by atoms with van der Waals surface area (Å²) in [5.74, 6) is -0.0207. The molecule has 5 nitrogen and oxygen atoms in total. The van der Waals surface area contributed by atoms with Gasteiger partial charge >= 0.3 is 5.97 Å². The van der Waals surface area contributed by atoms with Crippen LogP contribution in [0.2, 0.25) is 0 Å². The number of carboxylic acids is 1.